The highest BCUT2D eigenvalue weighted by Crippen LogP contribution is 2.12. The molecule has 0 aliphatic rings. The third-order valence-corrected chi connectivity index (χ3v) is 3.07. The first-order valence-corrected chi connectivity index (χ1v) is 7.49. The number of hydrogen-bond donors (Lipinski definition) is 2. The van der Waals surface area contributed by atoms with Gasteiger partial charge in [-0.2, -0.15) is 0 Å². The monoisotopic (exact) mass is 260 g/mol. The molecule has 0 heterocycles. The quantitative estimate of drug-likeness (QED) is 0.231. The molecule has 0 spiro atoms. The fourth-order valence-corrected chi connectivity index (χ4v) is 2.05. The molecule has 4 heteroatoms. The predicted octanol–water partition coefficient (Wildman–Crippen LogP) is 2.97. The second-order valence-corrected chi connectivity index (χ2v) is 4.61. The minimum atomic E-state index is -0.222. The summed E-state index contributed by atoms with van der Waals surface area (Å²) in [6.07, 6.45) is 8.53. The summed E-state index contributed by atoms with van der Waals surface area (Å²) in [5, 5.41) is 0. The lowest BCUT2D eigenvalue weighted by atomic mass is 10.1. The smallest absolute Gasteiger partial charge is 0.173 e. The van der Waals surface area contributed by atoms with Crippen LogP contribution < -0.4 is 11.3 Å². The molecule has 0 saturated heterocycles. The van der Waals surface area contributed by atoms with E-state index >= 15 is 0 Å². The average molecular weight is 260 g/mol. The number of hydrazine groups is 1. The SMILES string of the molecule is CCCCCCCCC(NN)C(OCC)OCC. The van der Waals surface area contributed by atoms with Gasteiger partial charge in [0.05, 0.1) is 6.04 Å². The standard InChI is InChI=1S/C14H32N2O2/c1-4-7-8-9-10-11-12-13(16-15)14(17-5-2)18-6-3/h13-14,16H,4-12,15H2,1-3H3. The normalized spacial score (nSPS) is 13.2. The van der Waals surface area contributed by atoms with Crippen molar-refractivity contribution in [1.29, 1.82) is 0 Å². The molecule has 1 atom stereocenters. The Morgan fingerprint density at radius 1 is 0.889 bits per heavy atom. The second kappa shape index (κ2) is 13.3. The number of ether oxygens (including phenoxy) is 2. The first-order chi connectivity index (χ1) is 8.79. The molecule has 110 valence electrons. The van der Waals surface area contributed by atoms with Crippen molar-refractivity contribution in [2.24, 2.45) is 5.84 Å². The Morgan fingerprint density at radius 2 is 1.44 bits per heavy atom. The van der Waals surface area contributed by atoms with Crippen molar-refractivity contribution in [2.75, 3.05) is 13.2 Å². The molecule has 0 aromatic heterocycles. The number of nitrogens with two attached hydrogens (primary N) is 1. The molecule has 18 heavy (non-hydrogen) atoms. The molecule has 4 nitrogen and oxygen atoms in total. The van der Waals surface area contributed by atoms with Gasteiger partial charge in [-0.25, -0.2) is 0 Å². The minimum Gasteiger partial charge on any atom is -0.351 e. The summed E-state index contributed by atoms with van der Waals surface area (Å²) >= 11 is 0. The Morgan fingerprint density at radius 3 is 1.94 bits per heavy atom. The van der Waals surface area contributed by atoms with Gasteiger partial charge in [-0.05, 0) is 20.3 Å². The van der Waals surface area contributed by atoms with Crippen LogP contribution in [0.1, 0.15) is 65.7 Å². The van der Waals surface area contributed by atoms with Crippen LogP contribution >= 0.6 is 0 Å². The van der Waals surface area contributed by atoms with Crippen LogP contribution in [0.4, 0.5) is 0 Å². The summed E-state index contributed by atoms with van der Waals surface area (Å²) in [5.74, 6) is 5.59. The summed E-state index contributed by atoms with van der Waals surface area (Å²) < 4.78 is 11.1. The van der Waals surface area contributed by atoms with Gasteiger partial charge in [-0.15, -0.1) is 0 Å². The predicted molar refractivity (Wildman–Crippen MR) is 76.1 cm³/mol. The Labute approximate surface area is 113 Å². The highest BCUT2D eigenvalue weighted by molar-refractivity contribution is 4.68. The van der Waals surface area contributed by atoms with Gasteiger partial charge in [0.2, 0.25) is 0 Å². The highest BCUT2D eigenvalue weighted by Gasteiger charge is 2.20. The lowest BCUT2D eigenvalue weighted by Crippen LogP contribution is -2.46. The first kappa shape index (κ1) is 17.8. The Kier molecular flexibility index (Phi) is 13.2. The van der Waals surface area contributed by atoms with Gasteiger partial charge in [0, 0.05) is 13.2 Å². The van der Waals surface area contributed by atoms with Gasteiger partial charge >= 0.3 is 0 Å². The summed E-state index contributed by atoms with van der Waals surface area (Å²) in [6, 6.07) is 0.0936. The fourth-order valence-electron chi connectivity index (χ4n) is 2.05. The van der Waals surface area contributed by atoms with Gasteiger partial charge < -0.3 is 9.47 Å². The largest absolute Gasteiger partial charge is 0.351 e. The molecule has 0 bridgehead atoms. The van der Waals surface area contributed by atoms with E-state index in [4.69, 9.17) is 15.3 Å². The topological polar surface area (TPSA) is 56.5 Å². The van der Waals surface area contributed by atoms with E-state index in [0.717, 1.165) is 6.42 Å². The molecule has 0 aromatic carbocycles. The van der Waals surface area contributed by atoms with Gasteiger partial charge in [0.25, 0.3) is 0 Å². The van der Waals surface area contributed by atoms with Gasteiger partial charge in [0.1, 0.15) is 0 Å². The maximum absolute atomic E-state index is 5.59. The second-order valence-electron chi connectivity index (χ2n) is 4.61. The van der Waals surface area contributed by atoms with E-state index in [2.05, 4.69) is 12.3 Å². The zero-order valence-corrected chi connectivity index (χ0v) is 12.4. The van der Waals surface area contributed by atoms with Gasteiger partial charge in [-0.1, -0.05) is 45.4 Å². The van der Waals surface area contributed by atoms with Crippen LogP contribution in [-0.2, 0) is 9.47 Å². The molecule has 0 saturated carbocycles. The summed E-state index contributed by atoms with van der Waals surface area (Å²) in [5.41, 5.74) is 2.82. The van der Waals surface area contributed by atoms with Crippen molar-refractivity contribution in [3.05, 3.63) is 0 Å². The van der Waals surface area contributed by atoms with E-state index in [1.807, 2.05) is 13.8 Å². The molecule has 0 rings (SSSR count). The molecular formula is C14H32N2O2. The van der Waals surface area contributed by atoms with Gasteiger partial charge in [-0.3, -0.25) is 11.3 Å². The summed E-state index contributed by atoms with van der Waals surface area (Å²) in [4.78, 5) is 0. The average Bonchev–Trinajstić information content (AvgIpc) is 2.38. The van der Waals surface area contributed by atoms with Gasteiger partial charge in [0.15, 0.2) is 6.29 Å². The highest BCUT2D eigenvalue weighted by atomic mass is 16.7. The third kappa shape index (κ3) is 8.86. The van der Waals surface area contributed by atoms with Crippen molar-refractivity contribution in [3.8, 4) is 0 Å². The van der Waals surface area contributed by atoms with Crippen LogP contribution in [0.15, 0.2) is 0 Å². The van der Waals surface area contributed by atoms with Crippen LogP contribution in [0.25, 0.3) is 0 Å². The van der Waals surface area contributed by atoms with E-state index in [1.165, 1.54) is 38.5 Å². The maximum atomic E-state index is 5.59. The molecular weight excluding hydrogens is 228 g/mol. The van der Waals surface area contributed by atoms with E-state index in [1.54, 1.807) is 0 Å². The van der Waals surface area contributed by atoms with E-state index in [9.17, 15) is 0 Å². The first-order valence-electron chi connectivity index (χ1n) is 7.49. The Hall–Kier alpha value is -0.160. The molecule has 0 radical (unpaired) electrons. The number of rotatable bonds is 13. The van der Waals surface area contributed by atoms with Crippen LogP contribution in [-0.4, -0.2) is 25.5 Å². The van der Waals surface area contributed by atoms with E-state index < -0.39 is 0 Å². The minimum absolute atomic E-state index is 0.0936. The maximum Gasteiger partial charge on any atom is 0.173 e. The van der Waals surface area contributed by atoms with Crippen molar-refractivity contribution in [3.63, 3.8) is 0 Å². The Balaban J connectivity index is 3.77. The lowest BCUT2D eigenvalue weighted by Gasteiger charge is -2.26. The molecule has 0 amide bonds. The summed E-state index contributed by atoms with van der Waals surface area (Å²) in [6.45, 7) is 7.50. The fraction of sp³-hybridized carbons (Fsp3) is 1.00. The summed E-state index contributed by atoms with van der Waals surface area (Å²) in [7, 11) is 0. The molecule has 1 unspecified atom stereocenters. The molecule has 0 fully saturated rings. The zero-order chi connectivity index (χ0) is 13.6. The molecule has 0 aliphatic heterocycles. The van der Waals surface area contributed by atoms with Crippen LogP contribution in [0, 0.1) is 0 Å². The van der Waals surface area contributed by atoms with Crippen molar-refractivity contribution in [1.82, 2.24) is 5.43 Å². The van der Waals surface area contributed by atoms with Crippen LogP contribution in [0.2, 0.25) is 0 Å². The molecule has 0 aliphatic carbocycles. The third-order valence-electron chi connectivity index (χ3n) is 3.07. The Bertz CT molecular complexity index is 162. The van der Waals surface area contributed by atoms with Crippen LogP contribution in [0.3, 0.4) is 0 Å². The zero-order valence-electron chi connectivity index (χ0n) is 12.4. The van der Waals surface area contributed by atoms with E-state index in [-0.39, 0.29) is 12.3 Å². The number of unbranched alkanes of at least 4 members (excludes halogenated alkanes) is 5. The van der Waals surface area contributed by atoms with Crippen LogP contribution in [0.5, 0.6) is 0 Å². The van der Waals surface area contributed by atoms with Crippen molar-refractivity contribution in [2.45, 2.75) is 78.0 Å². The van der Waals surface area contributed by atoms with Crippen molar-refractivity contribution < 1.29 is 9.47 Å². The lowest BCUT2D eigenvalue weighted by molar-refractivity contribution is -0.155. The number of hydrogen-bond acceptors (Lipinski definition) is 4. The number of nitrogens with one attached hydrogen (secondary N) is 1. The molecule has 3 N–H and O–H groups in total. The van der Waals surface area contributed by atoms with Crippen molar-refractivity contribution >= 4 is 0 Å². The molecule has 0 aromatic rings. The van der Waals surface area contributed by atoms with E-state index in [0.29, 0.717) is 13.2 Å².